The second-order valence-corrected chi connectivity index (χ2v) is 5.53. The number of aromatic nitrogens is 2. The number of H-pyrrole nitrogens is 1. The zero-order valence-electron chi connectivity index (χ0n) is 11.5. The normalized spacial score (nSPS) is 20.4. The summed E-state index contributed by atoms with van der Waals surface area (Å²) in [6.45, 7) is 3.70. The number of carbonyl (C=O) groups excluding carboxylic acids is 1. The van der Waals surface area contributed by atoms with Gasteiger partial charge in [-0.25, -0.2) is 0 Å². The number of piperazine rings is 1. The van der Waals surface area contributed by atoms with E-state index in [1.165, 1.54) is 0 Å². The van der Waals surface area contributed by atoms with E-state index >= 15 is 0 Å². The summed E-state index contributed by atoms with van der Waals surface area (Å²) >= 11 is 0. The monoisotopic (exact) mass is 279 g/mol. The van der Waals surface area contributed by atoms with Crippen LogP contribution >= 0.6 is 0 Å². The van der Waals surface area contributed by atoms with Gasteiger partial charge in [0.15, 0.2) is 5.69 Å². The fourth-order valence-corrected chi connectivity index (χ4v) is 2.68. The SMILES string of the molecule is Nc1c(C(=O)N2CCN(CCO)CC2)n[nH]c1C1CC1. The lowest BCUT2D eigenvalue weighted by Crippen LogP contribution is -2.49. The zero-order valence-corrected chi connectivity index (χ0v) is 11.5. The molecule has 2 aliphatic rings. The first-order valence-electron chi connectivity index (χ1n) is 7.17. The molecule has 7 heteroatoms. The van der Waals surface area contributed by atoms with E-state index < -0.39 is 0 Å². The Labute approximate surface area is 117 Å². The van der Waals surface area contributed by atoms with Gasteiger partial charge in [-0.15, -0.1) is 0 Å². The molecule has 0 bridgehead atoms. The Morgan fingerprint density at radius 2 is 2.05 bits per heavy atom. The number of hydrogen-bond acceptors (Lipinski definition) is 5. The summed E-state index contributed by atoms with van der Waals surface area (Å²) in [5.74, 6) is 0.375. The van der Waals surface area contributed by atoms with E-state index in [4.69, 9.17) is 10.8 Å². The van der Waals surface area contributed by atoms with E-state index in [9.17, 15) is 4.79 Å². The maximum atomic E-state index is 12.4. The highest BCUT2D eigenvalue weighted by molar-refractivity contribution is 5.97. The summed E-state index contributed by atoms with van der Waals surface area (Å²) in [6.07, 6.45) is 2.25. The smallest absolute Gasteiger partial charge is 0.276 e. The Kier molecular flexibility index (Phi) is 3.62. The molecule has 1 aromatic heterocycles. The highest BCUT2D eigenvalue weighted by atomic mass is 16.3. The van der Waals surface area contributed by atoms with E-state index in [0.29, 0.717) is 36.9 Å². The molecule has 1 amide bonds. The Morgan fingerprint density at radius 1 is 1.35 bits per heavy atom. The quantitative estimate of drug-likeness (QED) is 0.698. The molecule has 3 rings (SSSR count). The van der Waals surface area contributed by atoms with Gasteiger partial charge in [0.25, 0.3) is 5.91 Å². The predicted octanol–water partition coefficient (Wildman–Crippen LogP) is -0.381. The van der Waals surface area contributed by atoms with E-state index in [-0.39, 0.29) is 12.5 Å². The number of nitrogen functional groups attached to an aromatic ring is 1. The van der Waals surface area contributed by atoms with Gasteiger partial charge in [-0.05, 0) is 12.8 Å². The maximum Gasteiger partial charge on any atom is 0.276 e. The van der Waals surface area contributed by atoms with Crippen molar-refractivity contribution in [2.75, 3.05) is 45.1 Å². The van der Waals surface area contributed by atoms with Gasteiger partial charge < -0.3 is 15.7 Å². The van der Waals surface area contributed by atoms with Gasteiger partial charge >= 0.3 is 0 Å². The summed E-state index contributed by atoms with van der Waals surface area (Å²) < 4.78 is 0. The molecular weight excluding hydrogens is 258 g/mol. The topological polar surface area (TPSA) is 98.5 Å². The third-order valence-corrected chi connectivity index (χ3v) is 4.10. The number of nitrogens with zero attached hydrogens (tertiary/aromatic N) is 3. The second-order valence-electron chi connectivity index (χ2n) is 5.53. The van der Waals surface area contributed by atoms with Gasteiger partial charge in [0.2, 0.25) is 0 Å². The van der Waals surface area contributed by atoms with Gasteiger partial charge in [-0.2, -0.15) is 5.10 Å². The number of hydrogen-bond donors (Lipinski definition) is 3. The average Bonchev–Trinajstić information content (AvgIpc) is 3.23. The third-order valence-electron chi connectivity index (χ3n) is 4.10. The van der Waals surface area contributed by atoms with Crippen LogP contribution in [0.5, 0.6) is 0 Å². The Hall–Kier alpha value is -1.60. The lowest BCUT2D eigenvalue weighted by atomic mass is 10.2. The number of aromatic amines is 1. The molecular formula is C13H21N5O2. The van der Waals surface area contributed by atoms with E-state index in [1.54, 1.807) is 4.90 Å². The molecule has 0 radical (unpaired) electrons. The fourth-order valence-electron chi connectivity index (χ4n) is 2.68. The van der Waals surface area contributed by atoms with Crippen LogP contribution in [-0.2, 0) is 0 Å². The van der Waals surface area contributed by atoms with E-state index in [0.717, 1.165) is 31.6 Å². The van der Waals surface area contributed by atoms with E-state index in [2.05, 4.69) is 15.1 Å². The second kappa shape index (κ2) is 5.41. The van der Waals surface area contributed by atoms with Crippen LogP contribution in [0, 0.1) is 0 Å². The molecule has 0 spiro atoms. The number of aliphatic hydroxyl groups is 1. The molecule has 1 saturated carbocycles. The molecule has 1 aliphatic heterocycles. The number of nitrogens with one attached hydrogen (secondary N) is 1. The highest BCUT2D eigenvalue weighted by Crippen LogP contribution is 2.42. The molecule has 0 unspecified atom stereocenters. The number of anilines is 1. The maximum absolute atomic E-state index is 12.4. The minimum atomic E-state index is -0.0886. The first-order chi connectivity index (χ1) is 9.70. The van der Waals surface area contributed by atoms with Crippen LogP contribution in [0.1, 0.15) is 34.9 Å². The van der Waals surface area contributed by atoms with Crippen LogP contribution in [0.25, 0.3) is 0 Å². The Bertz CT molecular complexity index is 489. The molecule has 1 aromatic rings. The summed E-state index contributed by atoms with van der Waals surface area (Å²) in [7, 11) is 0. The van der Waals surface area contributed by atoms with Crippen LogP contribution in [-0.4, -0.2) is 70.3 Å². The van der Waals surface area contributed by atoms with Gasteiger partial charge in [-0.1, -0.05) is 0 Å². The summed E-state index contributed by atoms with van der Waals surface area (Å²) in [5.41, 5.74) is 7.85. The molecule has 20 heavy (non-hydrogen) atoms. The number of carbonyl (C=O) groups is 1. The third kappa shape index (κ3) is 2.51. The van der Waals surface area contributed by atoms with Crippen molar-refractivity contribution in [3.8, 4) is 0 Å². The van der Waals surface area contributed by atoms with Crippen LogP contribution in [0.4, 0.5) is 5.69 Å². The van der Waals surface area contributed by atoms with Crippen LogP contribution in [0.15, 0.2) is 0 Å². The standard InChI is InChI=1S/C13H21N5O2/c14-10-11(9-1-2-9)15-16-12(10)13(20)18-5-3-17(4-6-18)7-8-19/h9,19H,1-8,14H2,(H,15,16). The lowest BCUT2D eigenvalue weighted by molar-refractivity contribution is 0.0610. The van der Waals surface area contributed by atoms with Crippen LogP contribution < -0.4 is 5.73 Å². The number of amides is 1. The minimum absolute atomic E-state index is 0.0886. The molecule has 110 valence electrons. The molecule has 1 aliphatic carbocycles. The molecule has 7 nitrogen and oxygen atoms in total. The lowest BCUT2D eigenvalue weighted by Gasteiger charge is -2.34. The van der Waals surface area contributed by atoms with Crippen LogP contribution in [0.3, 0.4) is 0 Å². The van der Waals surface area contributed by atoms with Gasteiger partial charge in [0.05, 0.1) is 18.0 Å². The summed E-state index contributed by atoms with van der Waals surface area (Å²) in [4.78, 5) is 16.4. The van der Waals surface area contributed by atoms with Crippen LogP contribution in [0.2, 0.25) is 0 Å². The fraction of sp³-hybridized carbons (Fsp3) is 0.692. The van der Waals surface area contributed by atoms with Gasteiger partial charge in [-0.3, -0.25) is 14.8 Å². The molecule has 2 fully saturated rings. The van der Waals surface area contributed by atoms with Crippen molar-refractivity contribution in [3.05, 3.63) is 11.4 Å². The molecule has 4 N–H and O–H groups in total. The first kappa shape index (κ1) is 13.4. The van der Waals surface area contributed by atoms with Gasteiger partial charge in [0, 0.05) is 38.6 Å². The molecule has 0 atom stereocenters. The minimum Gasteiger partial charge on any atom is -0.395 e. The van der Waals surface area contributed by atoms with Crippen molar-refractivity contribution >= 4 is 11.6 Å². The summed E-state index contributed by atoms with van der Waals surface area (Å²) in [6, 6.07) is 0. The number of β-amino-alcohol motifs (C(OH)–C–C–N with tert-alkyl or cyclic N) is 1. The predicted molar refractivity (Wildman–Crippen MR) is 74.4 cm³/mol. The van der Waals surface area contributed by atoms with E-state index in [1.807, 2.05) is 0 Å². The largest absolute Gasteiger partial charge is 0.395 e. The van der Waals surface area contributed by atoms with Crippen molar-refractivity contribution in [2.24, 2.45) is 0 Å². The van der Waals surface area contributed by atoms with Crippen molar-refractivity contribution in [3.63, 3.8) is 0 Å². The number of rotatable bonds is 4. The van der Waals surface area contributed by atoms with Gasteiger partial charge in [0.1, 0.15) is 0 Å². The molecule has 0 aromatic carbocycles. The van der Waals surface area contributed by atoms with Crippen molar-refractivity contribution in [2.45, 2.75) is 18.8 Å². The summed E-state index contributed by atoms with van der Waals surface area (Å²) in [5, 5.41) is 15.9. The molecule has 1 saturated heterocycles. The van der Waals surface area contributed by atoms with Crippen molar-refractivity contribution in [1.82, 2.24) is 20.0 Å². The molecule has 2 heterocycles. The average molecular weight is 279 g/mol. The number of aliphatic hydroxyl groups excluding tert-OH is 1. The zero-order chi connectivity index (χ0) is 14.1. The highest BCUT2D eigenvalue weighted by Gasteiger charge is 2.32. The van der Waals surface area contributed by atoms with Crippen molar-refractivity contribution < 1.29 is 9.90 Å². The number of nitrogens with two attached hydrogens (primary N) is 1. The Morgan fingerprint density at radius 3 is 2.65 bits per heavy atom. The Balaban J connectivity index is 1.64. The first-order valence-corrected chi connectivity index (χ1v) is 7.17. The van der Waals surface area contributed by atoms with Crippen molar-refractivity contribution in [1.29, 1.82) is 0 Å².